The zero-order valence-corrected chi connectivity index (χ0v) is 8.66. The summed E-state index contributed by atoms with van der Waals surface area (Å²) >= 11 is 0. The minimum atomic E-state index is 0.0256. The van der Waals surface area contributed by atoms with Crippen LogP contribution in [0.1, 0.15) is 36.2 Å². The summed E-state index contributed by atoms with van der Waals surface area (Å²) in [4.78, 5) is 11.7. The normalized spacial score (nSPS) is 12.5. The third-order valence-corrected chi connectivity index (χ3v) is 2.48. The molecule has 2 nitrogen and oxygen atoms in total. The highest BCUT2D eigenvalue weighted by molar-refractivity contribution is 5.97. The van der Waals surface area contributed by atoms with Gasteiger partial charge in [-0.1, -0.05) is 38.1 Å². The van der Waals surface area contributed by atoms with Gasteiger partial charge in [-0.25, -0.2) is 0 Å². The second kappa shape index (κ2) is 4.91. The van der Waals surface area contributed by atoms with Gasteiger partial charge in [-0.05, 0) is 12.0 Å². The monoisotopic (exact) mass is 192 g/mol. The first-order chi connectivity index (χ1) is 6.69. The van der Waals surface area contributed by atoms with Crippen molar-refractivity contribution >= 4 is 5.78 Å². The van der Waals surface area contributed by atoms with E-state index in [-0.39, 0.29) is 18.3 Å². The second-order valence-electron chi connectivity index (χ2n) is 3.53. The summed E-state index contributed by atoms with van der Waals surface area (Å²) < 4.78 is 0. The zero-order valence-electron chi connectivity index (χ0n) is 8.66. The van der Waals surface area contributed by atoms with E-state index < -0.39 is 0 Å². The first kappa shape index (κ1) is 10.9. The Balaban J connectivity index is 2.81. The summed E-state index contributed by atoms with van der Waals surface area (Å²) in [6.07, 6.45) is 0.862. The highest BCUT2D eigenvalue weighted by atomic mass is 16.3. The molecule has 0 aromatic heterocycles. The van der Waals surface area contributed by atoms with Crippen molar-refractivity contribution in [2.45, 2.75) is 26.9 Å². The molecule has 2 heteroatoms. The summed E-state index contributed by atoms with van der Waals surface area (Å²) in [5.74, 6) is 0.256. The fraction of sp³-hybridized carbons (Fsp3) is 0.417. The molecule has 0 saturated heterocycles. The lowest BCUT2D eigenvalue weighted by molar-refractivity contribution is 0.0927. The van der Waals surface area contributed by atoms with Crippen LogP contribution in [0.2, 0.25) is 0 Å². The number of hydrogen-bond acceptors (Lipinski definition) is 2. The molecule has 0 unspecified atom stereocenters. The fourth-order valence-electron chi connectivity index (χ4n) is 1.24. The van der Waals surface area contributed by atoms with Gasteiger partial charge < -0.3 is 5.11 Å². The van der Waals surface area contributed by atoms with Crippen LogP contribution in [0.4, 0.5) is 0 Å². The standard InChI is InChI=1S/C12H16O2/c1-3-9(2)12(14)11-6-4-10(8-13)5-7-11/h4-7,9,13H,3,8H2,1-2H3/t9-/m0/s1. The van der Waals surface area contributed by atoms with E-state index in [1.54, 1.807) is 24.3 Å². The summed E-state index contributed by atoms with van der Waals surface area (Å²) in [7, 11) is 0. The van der Waals surface area contributed by atoms with Crippen LogP contribution in [-0.4, -0.2) is 10.9 Å². The number of aliphatic hydroxyl groups excluding tert-OH is 1. The average molecular weight is 192 g/mol. The Kier molecular flexibility index (Phi) is 3.84. The lowest BCUT2D eigenvalue weighted by Gasteiger charge is -2.07. The summed E-state index contributed by atoms with van der Waals surface area (Å²) in [5, 5.41) is 8.84. The lowest BCUT2D eigenvalue weighted by Crippen LogP contribution is -2.09. The smallest absolute Gasteiger partial charge is 0.165 e. The molecule has 0 saturated carbocycles. The van der Waals surface area contributed by atoms with Crippen molar-refractivity contribution in [3.63, 3.8) is 0 Å². The van der Waals surface area contributed by atoms with Gasteiger partial charge in [-0.2, -0.15) is 0 Å². The largest absolute Gasteiger partial charge is 0.392 e. The Morgan fingerprint density at radius 1 is 1.36 bits per heavy atom. The minimum Gasteiger partial charge on any atom is -0.392 e. The van der Waals surface area contributed by atoms with Crippen LogP contribution in [0, 0.1) is 5.92 Å². The van der Waals surface area contributed by atoms with Gasteiger partial charge in [0, 0.05) is 11.5 Å². The van der Waals surface area contributed by atoms with E-state index in [1.165, 1.54) is 0 Å². The number of hydrogen-bond donors (Lipinski definition) is 1. The molecule has 1 aromatic rings. The zero-order chi connectivity index (χ0) is 10.6. The maximum absolute atomic E-state index is 11.7. The van der Waals surface area contributed by atoms with Crippen LogP contribution >= 0.6 is 0 Å². The molecule has 14 heavy (non-hydrogen) atoms. The van der Waals surface area contributed by atoms with Gasteiger partial charge in [0.05, 0.1) is 6.61 Å². The molecular formula is C12H16O2. The van der Waals surface area contributed by atoms with Crippen LogP contribution in [0.5, 0.6) is 0 Å². The number of carbonyl (C=O) groups is 1. The van der Waals surface area contributed by atoms with E-state index in [4.69, 9.17) is 5.11 Å². The average Bonchev–Trinajstić information content (AvgIpc) is 2.27. The molecular weight excluding hydrogens is 176 g/mol. The van der Waals surface area contributed by atoms with Crippen molar-refractivity contribution < 1.29 is 9.90 Å². The second-order valence-corrected chi connectivity index (χ2v) is 3.53. The lowest BCUT2D eigenvalue weighted by atomic mass is 9.96. The van der Waals surface area contributed by atoms with Gasteiger partial charge in [0.1, 0.15) is 0 Å². The van der Waals surface area contributed by atoms with Crippen LogP contribution < -0.4 is 0 Å². The fourth-order valence-corrected chi connectivity index (χ4v) is 1.24. The molecule has 0 aliphatic rings. The number of Topliss-reactive ketones (excluding diaryl/α,β-unsaturated/α-hetero) is 1. The van der Waals surface area contributed by atoms with Gasteiger partial charge >= 0.3 is 0 Å². The Morgan fingerprint density at radius 3 is 2.36 bits per heavy atom. The summed E-state index contributed by atoms with van der Waals surface area (Å²) in [6.45, 7) is 3.96. The Morgan fingerprint density at radius 2 is 1.93 bits per heavy atom. The summed E-state index contributed by atoms with van der Waals surface area (Å²) in [6, 6.07) is 7.13. The quantitative estimate of drug-likeness (QED) is 0.744. The van der Waals surface area contributed by atoms with Gasteiger partial charge in [-0.15, -0.1) is 0 Å². The van der Waals surface area contributed by atoms with Gasteiger partial charge in [-0.3, -0.25) is 4.79 Å². The Bertz CT molecular complexity index is 301. The maximum Gasteiger partial charge on any atom is 0.165 e. The first-order valence-electron chi connectivity index (χ1n) is 4.93. The number of carbonyl (C=O) groups excluding carboxylic acids is 1. The molecule has 0 spiro atoms. The predicted octanol–water partition coefficient (Wildman–Crippen LogP) is 2.41. The van der Waals surface area contributed by atoms with Gasteiger partial charge in [0.15, 0.2) is 5.78 Å². The number of rotatable bonds is 4. The predicted molar refractivity (Wildman–Crippen MR) is 56.2 cm³/mol. The Labute approximate surface area is 84.6 Å². The van der Waals surface area contributed by atoms with Crippen LogP contribution in [0.25, 0.3) is 0 Å². The first-order valence-corrected chi connectivity index (χ1v) is 4.93. The van der Waals surface area contributed by atoms with E-state index in [0.29, 0.717) is 0 Å². The number of benzene rings is 1. The van der Waals surface area contributed by atoms with E-state index >= 15 is 0 Å². The molecule has 0 aliphatic heterocycles. The van der Waals surface area contributed by atoms with Gasteiger partial charge in [0.25, 0.3) is 0 Å². The SMILES string of the molecule is CC[C@H](C)C(=O)c1ccc(CO)cc1. The minimum absolute atomic E-state index is 0.0256. The van der Waals surface area contributed by atoms with Crippen molar-refractivity contribution in [3.8, 4) is 0 Å². The van der Waals surface area contributed by atoms with E-state index in [9.17, 15) is 4.79 Å². The van der Waals surface area contributed by atoms with Crippen molar-refractivity contribution in [1.82, 2.24) is 0 Å². The van der Waals surface area contributed by atoms with Crippen LogP contribution in [0.15, 0.2) is 24.3 Å². The van der Waals surface area contributed by atoms with Crippen LogP contribution in [-0.2, 0) is 6.61 Å². The van der Waals surface area contributed by atoms with E-state index in [2.05, 4.69) is 0 Å². The maximum atomic E-state index is 11.7. The highest BCUT2D eigenvalue weighted by Crippen LogP contribution is 2.12. The molecule has 1 rings (SSSR count). The molecule has 1 N–H and O–H groups in total. The molecule has 1 aromatic carbocycles. The topological polar surface area (TPSA) is 37.3 Å². The van der Waals surface area contributed by atoms with E-state index in [1.807, 2.05) is 13.8 Å². The molecule has 76 valence electrons. The molecule has 0 aliphatic carbocycles. The van der Waals surface area contributed by atoms with Gasteiger partial charge in [0.2, 0.25) is 0 Å². The third kappa shape index (κ3) is 2.42. The molecule has 0 bridgehead atoms. The number of aliphatic hydroxyl groups is 1. The van der Waals surface area contributed by atoms with Crippen molar-refractivity contribution in [2.24, 2.45) is 5.92 Å². The molecule has 0 radical (unpaired) electrons. The Hall–Kier alpha value is -1.15. The molecule has 0 heterocycles. The van der Waals surface area contributed by atoms with Crippen molar-refractivity contribution in [3.05, 3.63) is 35.4 Å². The van der Waals surface area contributed by atoms with Crippen LogP contribution in [0.3, 0.4) is 0 Å². The van der Waals surface area contributed by atoms with E-state index in [0.717, 1.165) is 17.5 Å². The molecule has 0 amide bonds. The molecule has 1 atom stereocenters. The highest BCUT2D eigenvalue weighted by Gasteiger charge is 2.12. The van der Waals surface area contributed by atoms with Crippen molar-refractivity contribution in [1.29, 1.82) is 0 Å². The molecule has 0 fully saturated rings. The van der Waals surface area contributed by atoms with Crippen molar-refractivity contribution in [2.75, 3.05) is 0 Å². The number of ketones is 1. The summed E-state index contributed by atoms with van der Waals surface area (Å²) in [5.41, 5.74) is 1.57. The third-order valence-electron chi connectivity index (χ3n) is 2.48.